The Morgan fingerprint density at radius 1 is 1.10 bits per heavy atom. The lowest BCUT2D eigenvalue weighted by Crippen LogP contribution is -2.58. The Morgan fingerprint density at radius 2 is 1.71 bits per heavy atom. The predicted molar refractivity (Wildman–Crippen MR) is 155 cm³/mol. The second-order valence-corrected chi connectivity index (χ2v) is 10.4. The number of aliphatic hydroxyl groups is 1. The number of benzene rings is 2. The lowest BCUT2D eigenvalue weighted by atomic mass is 9.95. The van der Waals surface area contributed by atoms with Crippen molar-refractivity contribution >= 4 is 17.7 Å². The van der Waals surface area contributed by atoms with Crippen LogP contribution in [0.15, 0.2) is 36.4 Å². The molecule has 41 heavy (non-hydrogen) atoms. The summed E-state index contributed by atoms with van der Waals surface area (Å²) >= 11 is 0. The summed E-state index contributed by atoms with van der Waals surface area (Å²) in [7, 11) is 0. The highest BCUT2D eigenvalue weighted by atomic mass is 16.3. The van der Waals surface area contributed by atoms with Gasteiger partial charge in [0, 0.05) is 32.0 Å². The first kappa shape index (κ1) is 31.8. The first-order chi connectivity index (χ1) is 19.6. The van der Waals surface area contributed by atoms with Crippen molar-refractivity contribution < 1.29 is 29.7 Å². The molecule has 1 aliphatic heterocycles. The Balaban J connectivity index is 2.11. The number of phenols is 2. The average Bonchev–Trinajstić information content (AvgIpc) is 2.96. The van der Waals surface area contributed by atoms with Crippen LogP contribution >= 0.6 is 0 Å². The summed E-state index contributed by atoms with van der Waals surface area (Å²) in [6.45, 7) is 2.10. The fraction of sp³-hybridized carbons (Fsp3) is 0.483. The summed E-state index contributed by atoms with van der Waals surface area (Å²) in [5.41, 5.74) is 20.0. The van der Waals surface area contributed by atoms with Gasteiger partial charge in [-0.1, -0.05) is 12.1 Å². The maximum atomic E-state index is 13.9. The Hall–Kier alpha value is -3.71. The standard InChI is InChI=1S/C29H42N6O6/c1-2-35-24(28(40)33-11-9-21(31)16-36)15-20-13-18(6-8-26(20)38)17-5-7-25(37)19(12-17)14-22(32)27(39)34-23(29(35)41)4-3-10-30/h5-8,12-13,21-24,36-38H,2-4,9-11,14-16,30-32H2,1H3,(H,33,40)(H,34,39)/t21-,22-,23+,24+/m0/s1. The molecule has 2 aromatic carbocycles. The van der Waals surface area contributed by atoms with Crippen molar-refractivity contribution in [1.82, 2.24) is 15.5 Å². The number of carbonyl (C=O) groups is 3. The van der Waals surface area contributed by atoms with Crippen molar-refractivity contribution in [3.63, 3.8) is 0 Å². The van der Waals surface area contributed by atoms with E-state index in [1.807, 2.05) is 0 Å². The molecule has 0 fully saturated rings. The molecule has 0 radical (unpaired) electrons. The molecular weight excluding hydrogens is 528 g/mol. The summed E-state index contributed by atoms with van der Waals surface area (Å²) < 4.78 is 0. The first-order valence-corrected chi connectivity index (χ1v) is 13.9. The third-order valence-corrected chi connectivity index (χ3v) is 7.35. The highest BCUT2D eigenvalue weighted by Crippen LogP contribution is 2.31. The number of nitrogens with one attached hydrogen (secondary N) is 2. The highest BCUT2D eigenvalue weighted by molar-refractivity contribution is 5.93. The van der Waals surface area contributed by atoms with Crippen LogP contribution in [-0.2, 0) is 27.2 Å². The molecule has 224 valence electrons. The highest BCUT2D eigenvalue weighted by Gasteiger charge is 2.35. The van der Waals surface area contributed by atoms with Gasteiger partial charge in [0.15, 0.2) is 0 Å². The number of nitrogens with zero attached hydrogens (tertiary/aromatic N) is 1. The lowest BCUT2D eigenvalue weighted by molar-refractivity contribution is -0.143. The van der Waals surface area contributed by atoms with Gasteiger partial charge in [-0.2, -0.15) is 0 Å². The summed E-state index contributed by atoms with van der Waals surface area (Å²) in [5, 5.41) is 36.0. The van der Waals surface area contributed by atoms with Gasteiger partial charge in [0.2, 0.25) is 17.7 Å². The Kier molecular flexibility index (Phi) is 11.5. The molecule has 3 rings (SSSR count). The smallest absolute Gasteiger partial charge is 0.245 e. The predicted octanol–water partition coefficient (Wildman–Crippen LogP) is -0.543. The Morgan fingerprint density at radius 3 is 2.27 bits per heavy atom. The number of nitrogens with two attached hydrogens (primary N) is 3. The lowest BCUT2D eigenvalue weighted by Gasteiger charge is -2.34. The molecule has 3 amide bonds. The molecule has 4 atom stereocenters. The van der Waals surface area contributed by atoms with Gasteiger partial charge in [0.1, 0.15) is 23.6 Å². The third kappa shape index (κ3) is 8.17. The third-order valence-electron chi connectivity index (χ3n) is 7.35. The van der Waals surface area contributed by atoms with E-state index < -0.39 is 41.9 Å². The molecule has 0 saturated heterocycles. The molecule has 12 heteroatoms. The molecule has 0 spiro atoms. The number of fused-ring (bicyclic) bond motifs is 5. The number of rotatable bonds is 9. The van der Waals surface area contributed by atoms with E-state index in [0.717, 1.165) is 0 Å². The SMILES string of the molecule is CCN1C(=O)[C@@H](CCCN)NC(=O)[C@@H](N)Cc2cc(ccc2O)-c2ccc(O)c(c2)C[C@@H]1C(=O)NCC[C@H](N)CO. The van der Waals surface area contributed by atoms with E-state index in [0.29, 0.717) is 35.1 Å². The van der Waals surface area contributed by atoms with Gasteiger partial charge >= 0.3 is 0 Å². The van der Waals surface area contributed by atoms with Crippen LogP contribution in [0.1, 0.15) is 37.3 Å². The number of phenolic OH excluding ortho intramolecular Hbond substituents is 2. The van der Waals surface area contributed by atoms with Crippen LogP contribution in [0.2, 0.25) is 0 Å². The van der Waals surface area contributed by atoms with Crippen LogP contribution in [0.3, 0.4) is 0 Å². The van der Waals surface area contributed by atoms with E-state index in [2.05, 4.69) is 10.6 Å². The molecule has 0 unspecified atom stereocenters. The van der Waals surface area contributed by atoms with Crippen molar-refractivity contribution in [3.8, 4) is 22.6 Å². The van der Waals surface area contributed by atoms with Gasteiger partial charge < -0.3 is 48.1 Å². The van der Waals surface area contributed by atoms with Gasteiger partial charge in [-0.05, 0) is 79.3 Å². The second kappa shape index (κ2) is 14.8. The second-order valence-electron chi connectivity index (χ2n) is 10.4. The maximum absolute atomic E-state index is 13.9. The number of aliphatic hydroxyl groups excluding tert-OH is 1. The van der Waals surface area contributed by atoms with Crippen LogP contribution in [0.4, 0.5) is 0 Å². The molecule has 1 heterocycles. The van der Waals surface area contributed by atoms with Crippen LogP contribution in [-0.4, -0.2) is 88.3 Å². The normalized spacial score (nSPS) is 20.5. The molecule has 1 aliphatic rings. The van der Waals surface area contributed by atoms with Crippen molar-refractivity contribution in [2.75, 3.05) is 26.2 Å². The maximum Gasteiger partial charge on any atom is 0.245 e. The zero-order valence-corrected chi connectivity index (χ0v) is 23.4. The summed E-state index contributed by atoms with van der Waals surface area (Å²) in [6, 6.07) is 6.30. The van der Waals surface area contributed by atoms with Crippen molar-refractivity contribution in [1.29, 1.82) is 0 Å². The molecule has 0 saturated carbocycles. The fourth-order valence-electron chi connectivity index (χ4n) is 4.92. The Labute approximate surface area is 239 Å². The van der Waals surface area contributed by atoms with Crippen molar-refractivity contribution in [2.24, 2.45) is 17.2 Å². The number of hydrogen-bond donors (Lipinski definition) is 8. The number of hydrogen-bond acceptors (Lipinski definition) is 9. The molecule has 12 nitrogen and oxygen atoms in total. The van der Waals surface area contributed by atoms with Crippen LogP contribution in [0, 0.1) is 0 Å². The zero-order chi connectivity index (χ0) is 30.1. The molecule has 2 aromatic rings. The van der Waals surface area contributed by atoms with E-state index in [1.54, 1.807) is 31.2 Å². The van der Waals surface area contributed by atoms with Crippen LogP contribution in [0.25, 0.3) is 11.1 Å². The summed E-state index contributed by atoms with van der Waals surface area (Å²) in [6.07, 6.45) is 0.994. The monoisotopic (exact) mass is 570 g/mol. The minimum Gasteiger partial charge on any atom is -0.508 e. The van der Waals surface area contributed by atoms with Crippen LogP contribution in [0.5, 0.6) is 11.5 Å². The van der Waals surface area contributed by atoms with E-state index in [-0.39, 0.29) is 57.0 Å². The molecule has 11 N–H and O–H groups in total. The first-order valence-electron chi connectivity index (χ1n) is 13.9. The average molecular weight is 571 g/mol. The van der Waals surface area contributed by atoms with Gasteiger partial charge in [-0.3, -0.25) is 14.4 Å². The molecule has 0 aromatic heterocycles. The van der Waals surface area contributed by atoms with E-state index >= 15 is 0 Å². The Bertz CT molecular complexity index is 1220. The number of amides is 3. The fourth-order valence-corrected chi connectivity index (χ4v) is 4.92. The van der Waals surface area contributed by atoms with Crippen molar-refractivity contribution in [3.05, 3.63) is 47.5 Å². The van der Waals surface area contributed by atoms with Gasteiger partial charge in [0.05, 0.1) is 12.6 Å². The quantitative estimate of drug-likeness (QED) is 0.194. The van der Waals surface area contributed by atoms with Crippen molar-refractivity contribution in [2.45, 2.75) is 63.2 Å². The topological polar surface area (TPSA) is 217 Å². The zero-order valence-electron chi connectivity index (χ0n) is 23.4. The number of carbonyl (C=O) groups excluding carboxylic acids is 3. The van der Waals surface area contributed by atoms with Crippen LogP contribution < -0.4 is 27.8 Å². The largest absolute Gasteiger partial charge is 0.508 e. The summed E-state index contributed by atoms with van der Waals surface area (Å²) in [5.74, 6) is -1.59. The van der Waals surface area contributed by atoms with E-state index in [4.69, 9.17) is 17.2 Å². The van der Waals surface area contributed by atoms with Gasteiger partial charge in [0.25, 0.3) is 0 Å². The minimum absolute atomic E-state index is 0.0147. The molecule has 4 bridgehead atoms. The molecular formula is C29H42N6O6. The summed E-state index contributed by atoms with van der Waals surface area (Å²) in [4.78, 5) is 42.0. The number of aromatic hydroxyl groups is 2. The minimum atomic E-state index is -1.06. The van der Waals surface area contributed by atoms with E-state index in [9.17, 15) is 29.7 Å². The van der Waals surface area contributed by atoms with Gasteiger partial charge in [-0.15, -0.1) is 0 Å². The number of likely N-dealkylation sites (N-methyl/N-ethyl adjacent to an activating group) is 1. The molecule has 0 aliphatic carbocycles. The van der Waals surface area contributed by atoms with Gasteiger partial charge in [-0.25, -0.2) is 0 Å². The van der Waals surface area contributed by atoms with E-state index in [1.165, 1.54) is 17.0 Å².